The predicted octanol–water partition coefficient (Wildman–Crippen LogP) is 0.193. The Labute approximate surface area is 56.0 Å². The van der Waals surface area contributed by atoms with Gasteiger partial charge >= 0.3 is 0 Å². The highest BCUT2D eigenvalue weighted by Gasteiger charge is 1.97. The van der Waals surface area contributed by atoms with Gasteiger partial charge in [-0.05, 0) is 6.42 Å². The second-order valence-corrected chi connectivity index (χ2v) is 2.03. The van der Waals surface area contributed by atoms with Crippen molar-refractivity contribution >= 4 is 5.91 Å². The van der Waals surface area contributed by atoms with Gasteiger partial charge in [-0.3, -0.25) is 10.2 Å². The summed E-state index contributed by atoms with van der Waals surface area (Å²) < 4.78 is 0. The lowest BCUT2D eigenvalue weighted by Crippen LogP contribution is -2.35. The third kappa shape index (κ3) is 5.30. The maximum Gasteiger partial charge on any atom is 0.234 e. The topological polar surface area (TPSA) is 32.3 Å². The molecule has 0 unspecified atom stereocenters. The Balaban J connectivity index is 3.27. The van der Waals surface area contributed by atoms with E-state index < -0.39 is 0 Å². The summed E-state index contributed by atoms with van der Waals surface area (Å²) in [6.07, 6.45) is 1.15. The molecule has 3 heteroatoms. The van der Waals surface area contributed by atoms with Crippen LogP contribution in [0, 0.1) is 6.92 Å². The number of nitrogens with zero attached hydrogens (tertiary/aromatic N) is 1. The van der Waals surface area contributed by atoms with Crippen LogP contribution in [0.2, 0.25) is 0 Å². The van der Waals surface area contributed by atoms with E-state index in [9.17, 15) is 4.79 Å². The van der Waals surface area contributed by atoms with E-state index in [-0.39, 0.29) is 5.91 Å². The summed E-state index contributed by atoms with van der Waals surface area (Å²) in [4.78, 5) is 10.7. The first-order valence-corrected chi connectivity index (χ1v) is 2.93. The van der Waals surface area contributed by atoms with Gasteiger partial charge in [-0.25, -0.2) is 5.01 Å². The average Bonchev–Trinajstić information content (AvgIpc) is 1.63. The van der Waals surface area contributed by atoms with E-state index in [0.717, 1.165) is 0 Å². The minimum absolute atomic E-state index is 0.0231. The molecule has 0 aromatic carbocycles. The number of hydrogen-bond acceptors (Lipinski definition) is 2. The SMILES string of the molecule is [CH2]CCC(=O)NN(C)C. The van der Waals surface area contributed by atoms with Gasteiger partial charge in [0.2, 0.25) is 5.91 Å². The van der Waals surface area contributed by atoms with Gasteiger partial charge in [0.25, 0.3) is 0 Å². The van der Waals surface area contributed by atoms with E-state index in [1.807, 2.05) is 0 Å². The van der Waals surface area contributed by atoms with Crippen LogP contribution >= 0.6 is 0 Å². The fraction of sp³-hybridized carbons (Fsp3) is 0.667. The van der Waals surface area contributed by atoms with E-state index in [1.54, 1.807) is 19.1 Å². The number of hydrogen-bond donors (Lipinski definition) is 1. The molecule has 1 amide bonds. The van der Waals surface area contributed by atoms with Crippen molar-refractivity contribution in [1.29, 1.82) is 0 Å². The Kier molecular flexibility index (Phi) is 4.05. The van der Waals surface area contributed by atoms with E-state index in [0.29, 0.717) is 12.8 Å². The summed E-state index contributed by atoms with van der Waals surface area (Å²) in [5.41, 5.74) is 2.60. The van der Waals surface area contributed by atoms with Crippen molar-refractivity contribution in [3.05, 3.63) is 6.92 Å². The van der Waals surface area contributed by atoms with Crippen LogP contribution < -0.4 is 5.43 Å². The van der Waals surface area contributed by atoms with Crippen LogP contribution in [0.15, 0.2) is 0 Å². The molecule has 0 bridgehead atoms. The quantitative estimate of drug-likeness (QED) is 0.552. The van der Waals surface area contributed by atoms with E-state index in [1.165, 1.54) is 0 Å². The van der Waals surface area contributed by atoms with Gasteiger partial charge in [-0.15, -0.1) is 0 Å². The fourth-order valence-corrected chi connectivity index (χ4v) is 0.466. The van der Waals surface area contributed by atoms with Crippen LogP contribution in [0.1, 0.15) is 12.8 Å². The monoisotopic (exact) mass is 129 g/mol. The lowest BCUT2D eigenvalue weighted by molar-refractivity contribution is -0.124. The Morgan fingerprint density at radius 1 is 1.67 bits per heavy atom. The van der Waals surface area contributed by atoms with Crippen LogP contribution in [0.3, 0.4) is 0 Å². The smallest absolute Gasteiger partial charge is 0.234 e. The lowest BCUT2D eigenvalue weighted by atomic mass is 10.3. The molecule has 1 N–H and O–H groups in total. The number of rotatable bonds is 3. The molecule has 3 nitrogen and oxygen atoms in total. The molecule has 0 fully saturated rings. The molecule has 0 heterocycles. The Morgan fingerprint density at radius 3 is 2.56 bits per heavy atom. The van der Waals surface area contributed by atoms with Crippen LogP contribution in [-0.4, -0.2) is 25.0 Å². The minimum Gasteiger partial charge on any atom is -0.289 e. The van der Waals surface area contributed by atoms with E-state index in [4.69, 9.17) is 0 Å². The lowest BCUT2D eigenvalue weighted by Gasteiger charge is -2.10. The average molecular weight is 129 g/mol. The second-order valence-electron chi connectivity index (χ2n) is 2.03. The summed E-state index contributed by atoms with van der Waals surface area (Å²) >= 11 is 0. The highest BCUT2D eigenvalue weighted by molar-refractivity contribution is 5.75. The van der Waals surface area contributed by atoms with Gasteiger partial charge in [0, 0.05) is 20.5 Å². The number of carbonyl (C=O) groups is 1. The van der Waals surface area contributed by atoms with Crippen LogP contribution in [-0.2, 0) is 4.79 Å². The summed E-state index contributed by atoms with van der Waals surface area (Å²) in [5, 5.41) is 1.62. The van der Waals surface area contributed by atoms with Gasteiger partial charge in [0.05, 0.1) is 0 Å². The third-order valence-corrected chi connectivity index (χ3v) is 0.752. The summed E-state index contributed by atoms with van der Waals surface area (Å²) in [6, 6.07) is 0. The molecule has 0 saturated heterocycles. The van der Waals surface area contributed by atoms with Crippen molar-refractivity contribution in [1.82, 2.24) is 10.4 Å². The van der Waals surface area contributed by atoms with Crippen LogP contribution in [0.4, 0.5) is 0 Å². The van der Waals surface area contributed by atoms with Gasteiger partial charge < -0.3 is 0 Å². The molecule has 0 aromatic rings. The van der Waals surface area contributed by atoms with Crippen molar-refractivity contribution in [2.45, 2.75) is 12.8 Å². The molecule has 0 aliphatic heterocycles. The molecule has 0 rings (SSSR count). The summed E-state index contributed by atoms with van der Waals surface area (Å²) in [5.74, 6) is 0.0231. The largest absolute Gasteiger partial charge is 0.289 e. The normalized spacial score (nSPS) is 9.78. The molecule has 0 saturated carbocycles. The molecule has 1 radical (unpaired) electrons. The van der Waals surface area contributed by atoms with Crippen molar-refractivity contribution in [3.8, 4) is 0 Å². The standard InChI is InChI=1S/C6H13N2O/c1-4-5-6(9)7-8(2)3/h1,4-5H2,2-3H3,(H,7,9). The molecular weight excluding hydrogens is 116 g/mol. The maximum atomic E-state index is 10.7. The Morgan fingerprint density at radius 2 is 2.22 bits per heavy atom. The molecule has 0 aliphatic rings. The van der Waals surface area contributed by atoms with Crippen molar-refractivity contribution in [2.24, 2.45) is 0 Å². The predicted molar refractivity (Wildman–Crippen MR) is 36.4 cm³/mol. The Hall–Kier alpha value is -0.570. The number of amides is 1. The van der Waals surface area contributed by atoms with E-state index >= 15 is 0 Å². The first-order valence-electron chi connectivity index (χ1n) is 2.93. The second kappa shape index (κ2) is 4.32. The molecule has 0 aromatic heterocycles. The molecule has 53 valence electrons. The minimum atomic E-state index is 0.0231. The zero-order chi connectivity index (χ0) is 7.28. The van der Waals surface area contributed by atoms with Gasteiger partial charge in [0.1, 0.15) is 0 Å². The zero-order valence-corrected chi connectivity index (χ0v) is 5.98. The highest BCUT2D eigenvalue weighted by atomic mass is 16.2. The van der Waals surface area contributed by atoms with E-state index in [2.05, 4.69) is 12.3 Å². The van der Waals surface area contributed by atoms with Crippen LogP contribution in [0.5, 0.6) is 0 Å². The molecule has 0 spiro atoms. The molecule has 0 aliphatic carbocycles. The van der Waals surface area contributed by atoms with Crippen molar-refractivity contribution in [2.75, 3.05) is 14.1 Å². The number of carbonyl (C=O) groups excluding carboxylic acids is 1. The maximum absolute atomic E-state index is 10.7. The Bertz CT molecular complexity index is 91.1. The highest BCUT2D eigenvalue weighted by Crippen LogP contribution is 1.84. The first kappa shape index (κ1) is 8.43. The summed E-state index contributed by atoms with van der Waals surface area (Å²) in [7, 11) is 3.56. The molecule has 0 atom stereocenters. The number of nitrogens with one attached hydrogen (secondary N) is 1. The van der Waals surface area contributed by atoms with Gasteiger partial charge in [-0.1, -0.05) is 6.92 Å². The third-order valence-electron chi connectivity index (χ3n) is 0.752. The van der Waals surface area contributed by atoms with Crippen molar-refractivity contribution in [3.63, 3.8) is 0 Å². The number of hydrazine groups is 1. The van der Waals surface area contributed by atoms with Crippen molar-refractivity contribution < 1.29 is 4.79 Å². The summed E-state index contributed by atoms with van der Waals surface area (Å²) in [6.45, 7) is 3.55. The van der Waals surface area contributed by atoms with Gasteiger partial charge in [-0.2, -0.15) is 0 Å². The molecule has 9 heavy (non-hydrogen) atoms. The van der Waals surface area contributed by atoms with Gasteiger partial charge in [0.15, 0.2) is 0 Å². The zero-order valence-electron chi connectivity index (χ0n) is 5.98. The first-order chi connectivity index (χ1) is 4.16. The van der Waals surface area contributed by atoms with Crippen LogP contribution in [0.25, 0.3) is 0 Å². The fourth-order valence-electron chi connectivity index (χ4n) is 0.466. The molecular formula is C6H13N2O.